The van der Waals surface area contributed by atoms with Gasteiger partial charge in [-0.15, -0.1) is 0 Å². The molecule has 17 heavy (non-hydrogen) atoms. The smallest absolute Gasteiger partial charge is 0.333 e. The number of rotatable bonds is 2. The summed E-state index contributed by atoms with van der Waals surface area (Å²) in [5.74, 6) is -0.777. The maximum absolute atomic E-state index is 13.8. The average Bonchev–Trinajstić information content (AvgIpc) is 2.57. The summed E-state index contributed by atoms with van der Waals surface area (Å²) in [5.41, 5.74) is 0.893. The normalized spacial score (nSPS) is 22.1. The zero-order chi connectivity index (χ0) is 12.6. The van der Waals surface area contributed by atoms with E-state index >= 15 is 0 Å². The van der Waals surface area contributed by atoms with Gasteiger partial charge in [-0.3, -0.25) is 0 Å². The number of carbonyl (C=O) groups is 1. The monoisotopic (exact) mass is 234 g/mol. The second-order valence-electron chi connectivity index (χ2n) is 4.67. The van der Waals surface area contributed by atoms with Crippen LogP contribution in [0.4, 0.5) is 4.39 Å². The van der Waals surface area contributed by atoms with Crippen LogP contribution in [0.2, 0.25) is 0 Å². The van der Waals surface area contributed by atoms with Crippen molar-refractivity contribution < 1.29 is 13.9 Å². The molecular formula is C14H15FO2. The molecule has 2 nitrogen and oxygen atoms in total. The Morgan fingerprint density at radius 3 is 2.88 bits per heavy atom. The van der Waals surface area contributed by atoms with Gasteiger partial charge in [-0.2, -0.15) is 0 Å². The minimum Gasteiger partial charge on any atom is -0.451 e. The van der Waals surface area contributed by atoms with Crippen LogP contribution in [0.3, 0.4) is 0 Å². The molecule has 1 aromatic rings. The topological polar surface area (TPSA) is 26.3 Å². The molecule has 1 unspecified atom stereocenters. The highest BCUT2D eigenvalue weighted by Crippen LogP contribution is 2.41. The van der Waals surface area contributed by atoms with Crippen LogP contribution in [0.25, 0.3) is 0 Å². The first-order chi connectivity index (χ1) is 7.94. The molecule has 1 aliphatic carbocycles. The number of hydrogen-bond acceptors (Lipinski definition) is 2. The van der Waals surface area contributed by atoms with Gasteiger partial charge in [0.05, 0.1) is 0 Å². The Hall–Kier alpha value is -1.64. The van der Waals surface area contributed by atoms with Crippen LogP contribution in [-0.2, 0) is 21.6 Å². The largest absolute Gasteiger partial charge is 0.451 e. The molecule has 0 spiro atoms. The SMILES string of the molecule is C=C(C)C(=O)OC1(C)CCc2cccc(F)c21. The molecule has 0 heterocycles. The molecule has 0 N–H and O–H groups in total. The van der Waals surface area contributed by atoms with E-state index in [1.165, 1.54) is 6.07 Å². The van der Waals surface area contributed by atoms with Gasteiger partial charge < -0.3 is 4.74 Å². The molecule has 0 amide bonds. The van der Waals surface area contributed by atoms with Crippen molar-refractivity contribution in [3.63, 3.8) is 0 Å². The number of carbonyl (C=O) groups excluding carboxylic acids is 1. The lowest BCUT2D eigenvalue weighted by molar-refractivity contribution is -0.154. The lowest BCUT2D eigenvalue weighted by Gasteiger charge is -2.26. The number of esters is 1. The molecule has 2 rings (SSSR count). The predicted octanol–water partition coefficient (Wildman–Crippen LogP) is 3.11. The van der Waals surface area contributed by atoms with Gasteiger partial charge in [0.2, 0.25) is 0 Å². The van der Waals surface area contributed by atoms with Crippen LogP contribution < -0.4 is 0 Å². The second kappa shape index (κ2) is 3.99. The fraction of sp³-hybridized carbons (Fsp3) is 0.357. The maximum atomic E-state index is 13.8. The Morgan fingerprint density at radius 2 is 2.24 bits per heavy atom. The molecule has 1 aliphatic rings. The summed E-state index contributed by atoms with van der Waals surface area (Å²) in [5, 5.41) is 0. The van der Waals surface area contributed by atoms with E-state index in [1.807, 2.05) is 6.07 Å². The van der Waals surface area contributed by atoms with Crippen molar-refractivity contribution >= 4 is 5.97 Å². The van der Waals surface area contributed by atoms with Gasteiger partial charge in [0.25, 0.3) is 0 Å². The van der Waals surface area contributed by atoms with Gasteiger partial charge in [0.1, 0.15) is 11.4 Å². The Labute approximate surface area is 100 Å². The summed E-state index contributed by atoms with van der Waals surface area (Å²) in [6.45, 7) is 6.88. The van der Waals surface area contributed by atoms with Crippen LogP contribution >= 0.6 is 0 Å². The molecule has 0 aliphatic heterocycles. The Bertz CT molecular complexity index is 493. The highest BCUT2D eigenvalue weighted by atomic mass is 19.1. The predicted molar refractivity (Wildman–Crippen MR) is 63.0 cm³/mol. The van der Waals surface area contributed by atoms with E-state index in [9.17, 15) is 9.18 Å². The number of hydrogen-bond donors (Lipinski definition) is 0. The van der Waals surface area contributed by atoms with E-state index in [1.54, 1.807) is 19.9 Å². The van der Waals surface area contributed by atoms with E-state index in [-0.39, 0.29) is 5.82 Å². The van der Waals surface area contributed by atoms with Gasteiger partial charge in [-0.05, 0) is 38.3 Å². The van der Waals surface area contributed by atoms with E-state index < -0.39 is 11.6 Å². The number of benzene rings is 1. The van der Waals surface area contributed by atoms with E-state index in [4.69, 9.17) is 4.74 Å². The lowest BCUT2D eigenvalue weighted by Crippen LogP contribution is -2.27. The molecule has 0 bridgehead atoms. The van der Waals surface area contributed by atoms with Gasteiger partial charge in [-0.1, -0.05) is 18.7 Å². The molecule has 1 atom stereocenters. The van der Waals surface area contributed by atoms with Crippen molar-refractivity contribution in [1.82, 2.24) is 0 Å². The summed E-state index contributed by atoms with van der Waals surface area (Å²) < 4.78 is 19.2. The molecule has 1 aromatic carbocycles. The molecule has 0 saturated heterocycles. The number of ether oxygens (including phenoxy) is 1. The van der Waals surface area contributed by atoms with Crippen molar-refractivity contribution in [3.05, 3.63) is 47.3 Å². The highest BCUT2D eigenvalue weighted by molar-refractivity contribution is 5.87. The minimum atomic E-state index is -0.864. The van der Waals surface area contributed by atoms with Gasteiger partial charge in [-0.25, -0.2) is 9.18 Å². The third kappa shape index (κ3) is 1.97. The number of fused-ring (bicyclic) bond motifs is 1. The molecule has 3 heteroatoms. The first-order valence-electron chi connectivity index (χ1n) is 5.61. The third-order valence-corrected chi connectivity index (χ3v) is 3.17. The first kappa shape index (κ1) is 11.8. The highest BCUT2D eigenvalue weighted by Gasteiger charge is 2.40. The molecular weight excluding hydrogens is 219 g/mol. The zero-order valence-corrected chi connectivity index (χ0v) is 10.0. The minimum absolute atomic E-state index is 0.308. The van der Waals surface area contributed by atoms with E-state index in [2.05, 4.69) is 6.58 Å². The second-order valence-corrected chi connectivity index (χ2v) is 4.67. The van der Waals surface area contributed by atoms with Gasteiger partial charge >= 0.3 is 5.97 Å². The summed E-state index contributed by atoms with van der Waals surface area (Å²) in [4.78, 5) is 11.6. The summed E-state index contributed by atoms with van der Waals surface area (Å²) in [6.07, 6.45) is 1.34. The van der Waals surface area contributed by atoms with E-state index in [0.29, 0.717) is 17.6 Å². The van der Waals surface area contributed by atoms with Gasteiger partial charge in [0.15, 0.2) is 0 Å². The van der Waals surface area contributed by atoms with Crippen LogP contribution in [0, 0.1) is 5.82 Å². The number of halogens is 1. The average molecular weight is 234 g/mol. The Kier molecular flexibility index (Phi) is 2.77. The lowest BCUT2D eigenvalue weighted by atomic mass is 9.97. The molecule has 0 saturated carbocycles. The van der Waals surface area contributed by atoms with Crippen LogP contribution in [0.15, 0.2) is 30.4 Å². The number of aryl methyl sites for hydroxylation is 1. The standard InChI is InChI=1S/C14H15FO2/c1-9(2)13(16)17-14(3)8-7-10-5-4-6-11(15)12(10)14/h4-6H,1,7-8H2,2-3H3. The van der Waals surface area contributed by atoms with Crippen molar-refractivity contribution in [2.75, 3.05) is 0 Å². The zero-order valence-electron chi connectivity index (χ0n) is 10.0. The maximum Gasteiger partial charge on any atom is 0.333 e. The van der Waals surface area contributed by atoms with E-state index in [0.717, 1.165) is 12.0 Å². The molecule has 90 valence electrons. The van der Waals surface area contributed by atoms with Gasteiger partial charge in [0, 0.05) is 11.1 Å². The third-order valence-electron chi connectivity index (χ3n) is 3.17. The van der Waals surface area contributed by atoms with Crippen LogP contribution in [-0.4, -0.2) is 5.97 Å². The summed E-state index contributed by atoms with van der Waals surface area (Å²) >= 11 is 0. The Balaban J connectivity index is 2.37. The van der Waals surface area contributed by atoms with Crippen LogP contribution in [0.5, 0.6) is 0 Å². The molecule has 0 fully saturated rings. The first-order valence-corrected chi connectivity index (χ1v) is 5.61. The fourth-order valence-electron chi connectivity index (χ4n) is 2.26. The summed E-state index contributed by atoms with van der Waals surface area (Å²) in [7, 11) is 0. The molecule has 0 aromatic heterocycles. The van der Waals surface area contributed by atoms with Crippen molar-refractivity contribution in [2.45, 2.75) is 32.3 Å². The van der Waals surface area contributed by atoms with Crippen molar-refractivity contribution in [1.29, 1.82) is 0 Å². The van der Waals surface area contributed by atoms with Crippen molar-refractivity contribution in [2.24, 2.45) is 0 Å². The Morgan fingerprint density at radius 1 is 1.53 bits per heavy atom. The molecule has 0 radical (unpaired) electrons. The fourth-order valence-corrected chi connectivity index (χ4v) is 2.26. The quantitative estimate of drug-likeness (QED) is 0.580. The van der Waals surface area contributed by atoms with Crippen LogP contribution in [0.1, 0.15) is 31.4 Å². The van der Waals surface area contributed by atoms with Crippen molar-refractivity contribution in [3.8, 4) is 0 Å². The summed E-state index contributed by atoms with van der Waals surface area (Å²) in [6, 6.07) is 4.95.